The molecule has 0 aromatic carbocycles. The lowest BCUT2D eigenvalue weighted by atomic mass is 10.2. The van der Waals surface area contributed by atoms with Crippen LogP contribution in [-0.2, 0) is 4.74 Å². The fourth-order valence-electron chi connectivity index (χ4n) is 1.81. The number of aliphatic imine (C=N–C) groups is 1. The SMILES string of the molecule is NC1=N[C@@H](O)N([C@@H]2O[C@H](CO)C[C@@H]2O)C=C1. The fourth-order valence-corrected chi connectivity index (χ4v) is 1.81. The Hall–Kier alpha value is -1.15. The largest absolute Gasteiger partial charge is 0.394 e. The standard InChI is InChI=1S/C9H15N3O4/c10-7-1-2-12(9(15)11-7)8-6(14)3-5(4-13)16-8/h1-2,5-6,8-9,13-15H,3-4H2,(H2,10,11)/t5-,6-,8+,9+/m0/s1. The number of aliphatic hydroxyl groups excluding tert-OH is 3. The molecule has 2 rings (SSSR count). The van der Waals surface area contributed by atoms with E-state index in [0.29, 0.717) is 6.42 Å². The number of aliphatic hydroxyl groups is 3. The second kappa shape index (κ2) is 4.38. The molecule has 0 aliphatic carbocycles. The van der Waals surface area contributed by atoms with E-state index in [-0.39, 0.29) is 12.4 Å². The third-order valence-corrected chi connectivity index (χ3v) is 2.61. The quantitative estimate of drug-likeness (QED) is 0.432. The van der Waals surface area contributed by atoms with Gasteiger partial charge in [-0.3, -0.25) is 0 Å². The molecule has 0 aromatic rings. The van der Waals surface area contributed by atoms with E-state index >= 15 is 0 Å². The Morgan fingerprint density at radius 2 is 2.31 bits per heavy atom. The van der Waals surface area contributed by atoms with Crippen molar-refractivity contribution in [2.45, 2.75) is 31.2 Å². The molecule has 0 aromatic heterocycles. The van der Waals surface area contributed by atoms with Crippen LogP contribution in [0, 0.1) is 0 Å². The Labute approximate surface area is 92.4 Å². The second-order valence-electron chi connectivity index (χ2n) is 3.80. The first-order chi connectivity index (χ1) is 7.61. The summed E-state index contributed by atoms with van der Waals surface area (Å²) in [5.41, 5.74) is 5.41. The first-order valence-corrected chi connectivity index (χ1v) is 5.03. The van der Waals surface area contributed by atoms with Crippen molar-refractivity contribution in [3.63, 3.8) is 0 Å². The van der Waals surface area contributed by atoms with Crippen molar-refractivity contribution in [2.24, 2.45) is 10.7 Å². The summed E-state index contributed by atoms with van der Waals surface area (Å²) in [5, 5.41) is 28.3. The van der Waals surface area contributed by atoms with Gasteiger partial charge in [0.15, 0.2) is 6.23 Å². The Morgan fingerprint density at radius 1 is 1.56 bits per heavy atom. The summed E-state index contributed by atoms with van der Waals surface area (Å²) in [6.45, 7) is -0.160. The molecule has 90 valence electrons. The monoisotopic (exact) mass is 229 g/mol. The summed E-state index contributed by atoms with van der Waals surface area (Å²) in [6.07, 6.45) is 0.296. The van der Waals surface area contributed by atoms with Crippen molar-refractivity contribution in [1.29, 1.82) is 0 Å². The normalized spacial score (nSPS) is 38.9. The van der Waals surface area contributed by atoms with Crippen LogP contribution in [0.4, 0.5) is 0 Å². The molecule has 0 radical (unpaired) electrons. The van der Waals surface area contributed by atoms with Gasteiger partial charge in [-0.05, 0) is 6.08 Å². The summed E-state index contributed by atoms with van der Waals surface area (Å²) in [6, 6.07) is 0. The number of hydrogen-bond donors (Lipinski definition) is 4. The van der Waals surface area contributed by atoms with Gasteiger partial charge in [-0.25, -0.2) is 4.99 Å². The molecule has 0 spiro atoms. The van der Waals surface area contributed by atoms with Gasteiger partial charge >= 0.3 is 0 Å². The van der Waals surface area contributed by atoms with Gasteiger partial charge in [-0.1, -0.05) is 0 Å². The van der Waals surface area contributed by atoms with Crippen molar-refractivity contribution < 1.29 is 20.1 Å². The third-order valence-electron chi connectivity index (χ3n) is 2.61. The van der Waals surface area contributed by atoms with Crippen LogP contribution in [0.15, 0.2) is 17.3 Å². The predicted molar refractivity (Wildman–Crippen MR) is 55.0 cm³/mol. The fraction of sp³-hybridized carbons (Fsp3) is 0.667. The van der Waals surface area contributed by atoms with Crippen molar-refractivity contribution in [2.75, 3.05) is 6.61 Å². The average Bonchev–Trinajstić information content (AvgIpc) is 2.60. The molecule has 4 atom stereocenters. The van der Waals surface area contributed by atoms with E-state index in [1.54, 1.807) is 0 Å². The van der Waals surface area contributed by atoms with E-state index in [2.05, 4.69) is 4.99 Å². The van der Waals surface area contributed by atoms with Crippen LogP contribution in [0.1, 0.15) is 6.42 Å². The molecule has 16 heavy (non-hydrogen) atoms. The summed E-state index contributed by atoms with van der Waals surface area (Å²) in [4.78, 5) is 5.09. The minimum absolute atomic E-state index is 0.160. The maximum Gasteiger partial charge on any atom is 0.229 e. The Kier molecular flexibility index (Phi) is 3.10. The Bertz CT molecular complexity index is 320. The van der Waals surface area contributed by atoms with Gasteiger partial charge in [0.25, 0.3) is 0 Å². The number of nitrogens with zero attached hydrogens (tertiary/aromatic N) is 2. The summed E-state index contributed by atoms with van der Waals surface area (Å²) >= 11 is 0. The smallest absolute Gasteiger partial charge is 0.229 e. The van der Waals surface area contributed by atoms with Gasteiger partial charge in [-0.15, -0.1) is 0 Å². The number of rotatable bonds is 2. The van der Waals surface area contributed by atoms with E-state index in [9.17, 15) is 10.2 Å². The number of nitrogens with two attached hydrogens (primary N) is 1. The van der Waals surface area contributed by atoms with E-state index in [1.807, 2.05) is 0 Å². The summed E-state index contributed by atoms with van der Waals surface area (Å²) in [7, 11) is 0. The summed E-state index contributed by atoms with van der Waals surface area (Å²) < 4.78 is 5.37. The number of hydrogen-bond acceptors (Lipinski definition) is 7. The van der Waals surface area contributed by atoms with Gasteiger partial charge in [0.2, 0.25) is 6.35 Å². The van der Waals surface area contributed by atoms with E-state index in [4.69, 9.17) is 15.6 Å². The van der Waals surface area contributed by atoms with Crippen LogP contribution in [0.2, 0.25) is 0 Å². The van der Waals surface area contributed by atoms with E-state index in [0.717, 1.165) is 0 Å². The molecular formula is C9H15N3O4. The van der Waals surface area contributed by atoms with Gasteiger partial charge in [0.05, 0.1) is 12.7 Å². The molecule has 2 aliphatic rings. The molecule has 7 heteroatoms. The van der Waals surface area contributed by atoms with Crippen molar-refractivity contribution in [1.82, 2.24) is 4.90 Å². The van der Waals surface area contributed by atoms with E-state index < -0.39 is 24.8 Å². The third kappa shape index (κ3) is 2.03. The van der Waals surface area contributed by atoms with Crippen LogP contribution in [0.3, 0.4) is 0 Å². The van der Waals surface area contributed by atoms with E-state index in [1.165, 1.54) is 17.2 Å². The molecule has 2 aliphatic heterocycles. The highest BCUT2D eigenvalue weighted by Crippen LogP contribution is 2.25. The highest BCUT2D eigenvalue weighted by atomic mass is 16.5. The molecule has 0 unspecified atom stereocenters. The Balaban J connectivity index is 2.06. The van der Waals surface area contributed by atoms with Crippen LogP contribution in [0.5, 0.6) is 0 Å². The highest BCUT2D eigenvalue weighted by Gasteiger charge is 2.39. The molecule has 0 amide bonds. The first kappa shape index (κ1) is 11.3. The molecule has 0 bridgehead atoms. The molecule has 7 nitrogen and oxygen atoms in total. The topological polar surface area (TPSA) is 112 Å². The molecule has 5 N–H and O–H groups in total. The first-order valence-electron chi connectivity index (χ1n) is 5.03. The maximum absolute atomic E-state index is 9.72. The van der Waals surface area contributed by atoms with Crippen molar-refractivity contribution in [3.8, 4) is 0 Å². The zero-order valence-electron chi connectivity index (χ0n) is 8.60. The van der Waals surface area contributed by atoms with Gasteiger partial charge in [0, 0.05) is 12.6 Å². The van der Waals surface area contributed by atoms with Crippen LogP contribution < -0.4 is 5.73 Å². The van der Waals surface area contributed by atoms with Gasteiger partial charge < -0.3 is 30.7 Å². The average molecular weight is 229 g/mol. The molecule has 1 saturated heterocycles. The summed E-state index contributed by atoms with van der Waals surface area (Å²) in [5.74, 6) is 0.218. The van der Waals surface area contributed by atoms with Crippen molar-refractivity contribution in [3.05, 3.63) is 12.3 Å². The number of ether oxygens (including phenoxy) is 1. The number of amidine groups is 1. The van der Waals surface area contributed by atoms with Crippen LogP contribution in [0.25, 0.3) is 0 Å². The zero-order valence-corrected chi connectivity index (χ0v) is 8.60. The molecular weight excluding hydrogens is 214 g/mol. The minimum Gasteiger partial charge on any atom is -0.394 e. The lowest BCUT2D eigenvalue weighted by molar-refractivity contribution is -0.129. The predicted octanol–water partition coefficient (Wildman–Crippen LogP) is -2.08. The lowest BCUT2D eigenvalue weighted by Crippen LogP contribution is -2.46. The van der Waals surface area contributed by atoms with Crippen molar-refractivity contribution >= 4 is 5.84 Å². The van der Waals surface area contributed by atoms with Gasteiger partial charge in [-0.2, -0.15) is 0 Å². The molecule has 2 heterocycles. The second-order valence-corrected chi connectivity index (χ2v) is 3.80. The minimum atomic E-state index is -1.16. The highest BCUT2D eigenvalue weighted by molar-refractivity contribution is 5.91. The van der Waals surface area contributed by atoms with Crippen LogP contribution >= 0.6 is 0 Å². The lowest BCUT2D eigenvalue weighted by Gasteiger charge is -2.32. The molecule has 1 fully saturated rings. The maximum atomic E-state index is 9.72. The molecule has 0 saturated carbocycles. The Morgan fingerprint density at radius 3 is 2.88 bits per heavy atom. The van der Waals surface area contributed by atoms with Gasteiger partial charge in [0.1, 0.15) is 11.9 Å². The van der Waals surface area contributed by atoms with Crippen LogP contribution in [-0.4, -0.2) is 57.4 Å². The zero-order chi connectivity index (χ0) is 11.7.